The van der Waals surface area contributed by atoms with E-state index in [9.17, 15) is 0 Å². The third-order valence-corrected chi connectivity index (χ3v) is 2.84. The van der Waals surface area contributed by atoms with Crippen molar-refractivity contribution in [2.75, 3.05) is 26.2 Å². The van der Waals surface area contributed by atoms with Crippen LogP contribution in [0.2, 0.25) is 0 Å². The van der Waals surface area contributed by atoms with Crippen molar-refractivity contribution in [2.24, 2.45) is 0 Å². The van der Waals surface area contributed by atoms with Gasteiger partial charge in [-0.3, -0.25) is 0 Å². The first kappa shape index (κ1) is 14.9. The van der Waals surface area contributed by atoms with Crippen LogP contribution in [0.1, 0.15) is 33.3 Å². The Bertz CT molecular complexity index is 353. The molecule has 4 nitrogen and oxygen atoms in total. The van der Waals surface area contributed by atoms with Crippen LogP contribution in [0.15, 0.2) is 18.3 Å². The molecular weight excluding hydrogens is 226 g/mol. The number of hydrogen-bond acceptors (Lipinski definition) is 4. The summed E-state index contributed by atoms with van der Waals surface area (Å²) in [6.07, 6.45) is 1.77. The van der Waals surface area contributed by atoms with Gasteiger partial charge in [0.1, 0.15) is 0 Å². The molecule has 0 saturated carbocycles. The smallest absolute Gasteiger partial charge is 0.218 e. The van der Waals surface area contributed by atoms with Gasteiger partial charge >= 0.3 is 0 Å². The molecule has 0 bridgehead atoms. The second-order valence-electron chi connectivity index (χ2n) is 4.69. The van der Waals surface area contributed by atoms with Gasteiger partial charge in [-0.05, 0) is 33.4 Å². The summed E-state index contributed by atoms with van der Waals surface area (Å²) in [6.45, 7) is 11.9. The fourth-order valence-electron chi connectivity index (χ4n) is 1.85. The van der Waals surface area contributed by atoms with Crippen molar-refractivity contribution >= 4 is 0 Å². The molecule has 0 fully saturated rings. The fraction of sp³-hybridized carbons (Fsp3) is 0.643. The molecule has 0 atom stereocenters. The first-order valence-electron chi connectivity index (χ1n) is 6.65. The van der Waals surface area contributed by atoms with Gasteiger partial charge in [-0.2, -0.15) is 0 Å². The molecule has 4 heteroatoms. The highest BCUT2D eigenvalue weighted by Crippen LogP contribution is 2.27. The average molecular weight is 251 g/mol. The molecule has 1 rings (SSSR count). The van der Waals surface area contributed by atoms with Crippen LogP contribution in [-0.4, -0.2) is 31.2 Å². The lowest BCUT2D eigenvalue weighted by Gasteiger charge is -2.28. The third kappa shape index (κ3) is 4.27. The van der Waals surface area contributed by atoms with E-state index in [0.29, 0.717) is 6.61 Å². The second-order valence-corrected chi connectivity index (χ2v) is 4.69. The normalized spacial score (nSPS) is 11.6. The van der Waals surface area contributed by atoms with Gasteiger partial charge in [-0.15, -0.1) is 0 Å². The van der Waals surface area contributed by atoms with Crippen LogP contribution in [-0.2, 0) is 5.54 Å². The van der Waals surface area contributed by atoms with E-state index in [1.54, 1.807) is 6.20 Å². The molecule has 0 saturated heterocycles. The minimum Gasteiger partial charge on any atom is -0.478 e. The molecule has 0 radical (unpaired) electrons. The number of nitrogens with one attached hydrogen (secondary N) is 2. The van der Waals surface area contributed by atoms with Crippen molar-refractivity contribution in [3.63, 3.8) is 0 Å². The molecule has 0 unspecified atom stereocenters. The minimum atomic E-state index is -0.145. The Morgan fingerprint density at radius 1 is 1.28 bits per heavy atom. The maximum Gasteiger partial charge on any atom is 0.218 e. The van der Waals surface area contributed by atoms with Crippen LogP contribution in [0.3, 0.4) is 0 Å². The second kappa shape index (κ2) is 7.34. The summed E-state index contributed by atoms with van der Waals surface area (Å²) in [6, 6.07) is 4.02. The van der Waals surface area contributed by atoms with Crippen LogP contribution in [0, 0.1) is 0 Å². The molecular formula is C14H25N3O. The van der Waals surface area contributed by atoms with Crippen molar-refractivity contribution in [1.29, 1.82) is 0 Å². The van der Waals surface area contributed by atoms with E-state index >= 15 is 0 Å². The molecule has 0 aliphatic carbocycles. The molecule has 0 aromatic carbocycles. The van der Waals surface area contributed by atoms with E-state index in [1.807, 2.05) is 13.0 Å². The Kier molecular flexibility index (Phi) is 6.09. The predicted molar refractivity (Wildman–Crippen MR) is 75.0 cm³/mol. The monoisotopic (exact) mass is 251 g/mol. The molecule has 1 aromatic heterocycles. The van der Waals surface area contributed by atoms with Gasteiger partial charge in [0.05, 0.1) is 6.61 Å². The van der Waals surface area contributed by atoms with Crippen molar-refractivity contribution in [3.05, 3.63) is 23.9 Å². The van der Waals surface area contributed by atoms with Crippen LogP contribution in [0.25, 0.3) is 0 Å². The highest BCUT2D eigenvalue weighted by molar-refractivity contribution is 5.32. The number of likely N-dealkylation sites (N-methyl/N-ethyl adjacent to an activating group) is 1. The van der Waals surface area contributed by atoms with Crippen molar-refractivity contribution in [2.45, 2.75) is 33.2 Å². The summed E-state index contributed by atoms with van der Waals surface area (Å²) in [7, 11) is 0. The Morgan fingerprint density at radius 3 is 2.72 bits per heavy atom. The van der Waals surface area contributed by atoms with Gasteiger partial charge in [0.25, 0.3) is 0 Å². The molecule has 18 heavy (non-hydrogen) atoms. The third-order valence-electron chi connectivity index (χ3n) is 2.84. The van der Waals surface area contributed by atoms with Crippen LogP contribution in [0.5, 0.6) is 5.88 Å². The van der Waals surface area contributed by atoms with Gasteiger partial charge in [0, 0.05) is 30.4 Å². The first-order valence-corrected chi connectivity index (χ1v) is 6.65. The minimum absolute atomic E-state index is 0.145. The van der Waals surface area contributed by atoms with Crippen molar-refractivity contribution in [1.82, 2.24) is 15.6 Å². The fourth-order valence-corrected chi connectivity index (χ4v) is 1.85. The number of ether oxygens (including phenoxy) is 1. The van der Waals surface area contributed by atoms with E-state index in [-0.39, 0.29) is 5.54 Å². The van der Waals surface area contributed by atoms with Crippen molar-refractivity contribution in [3.8, 4) is 5.88 Å². The highest BCUT2D eigenvalue weighted by Gasteiger charge is 2.24. The van der Waals surface area contributed by atoms with Gasteiger partial charge < -0.3 is 15.4 Å². The molecule has 1 heterocycles. The zero-order valence-corrected chi connectivity index (χ0v) is 11.9. The van der Waals surface area contributed by atoms with Crippen LogP contribution in [0.4, 0.5) is 0 Å². The number of nitrogens with zero attached hydrogens (tertiary/aromatic N) is 1. The van der Waals surface area contributed by atoms with Gasteiger partial charge in [-0.25, -0.2) is 4.98 Å². The number of hydrogen-bond donors (Lipinski definition) is 2. The van der Waals surface area contributed by atoms with Crippen LogP contribution < -0.4 is 15.4 Å². The molecule has 102 valence electrons. The molecule has 0 aliphatic heterocycles. The van der Waals surface area contributed by atoms with Crippen LogP contribution >= 0.6 is 0 Å². The summed E-state index contributed by atoms with van der Waals surface area (Å²) in [5, 5.41) is 6.83. The summed E-state index contributed by atoms with van der Waals surface area (Å²) >= 11 is 0. The molecule has 1 aromatic rings. The molecule has 0 aliphatic rings. The largest absolute Gasteiger partial charge is 0.478 e. The Morgan fingerprint density at radius 2 is 2.06 bits per heavy atom. The summed E-state index contributed by atoms with van der Waals surface area (Å²) in [5.41, 5.74) is 0.956. The lowest BCUT2D eigenvalue weighted by molar-refractivity contribution is 0.304. The quantitative estimate of drug-likeness (QED) is 0.693. The zero-order chi connectivity index (χ0) is 13.4. The van der Waals surface area contributed by atoms with Gasteiger partial charge in [-0.1, -0.05) is 13.0 Å². The lowest BCUT2D eigenvalue weighted by Crippen LogP contribution is -2.40. The maximum absolute atomic E-state index is 5.58. The average Bonchev–Trinajstić information content (AvgIpc) is 2.36. The number of pyridine rings is 1. The molecule has 2 N–H and O–H groups in total. The van der Waals surface area contributed by atoms with E-state index in [4.69, 9.17) is 4.74 Å². The SMILES string of the molecule is CCNCCNC(C)(C)c1cccnc1OCC. The Labute approximate surface area is 110 Å². The number of aromatic nitrogens is 1. The standard InChI is InChI=1S/C14H25N3O/c1-5-15-10-11-17-14(3,4)12-8-7-9-16-13(12)18-6-2/h7-9,15,17H,5-6,10-11H2,1-4H3. The first-order chi connectivity index (χ1) is 8.61. The summed E-state index contributed by atoms with van der Waals surface area (Å²) < 4.78 is 5.58. The Balaban J connectivity index is 2.70. The molecule has 0 spiro atoms. The van der Waals surface area contributed by atoms with E-state index in [0.717, 1.165) is 31.1 Å². The molecule has 0 amide bonds. The number of rotatable bonds is 8. The predicted octanol–water partition coefficient (Wildman–Crippen LogP) is 1.91. The maximum atomic E-state index is 5.58. The zero-order valence-electron chi connectivity index (χ0n) is 11.9. The lowest BCUT2D eigenvalue weighted by atomic mass is 9.95. The Hall–Kier alpha value is -1.13. The van der Waals surface area contributed by atoms with E-state index in [2.05, 4.69) is 42.5 Å². The highest BCUT2D eigenvalue weighted by atomic mass is 16.5. The van der Waals surface area contributed by atoms with Crippen molar-refractivity contribution < 1.29 is 4.74 Å². The van der Waals surface area contributed by atoms with E-state index in [1.165, 1.54) is 0 Å². The summed E-state index contributed by atoms with van der Waals surface area (Å²) in [4.78, 5) is 4.30. The van der Waals surface area contributed by atoms with E-state index < -0.39 is 0 Å². The summed E-state index contributed by atoms with van der Waals surface area (Å²) in [5.74, 6) is 0.723. The van der Waals surface area contributed by atoms with Gasteiger partial charge in [0.15, 0.2) is 0 Å². The topological polar surface area (TPSA) is 46.2 Å². The van der Waals surface area contributed by atoms with Gasteiger partial charge in [0.2, 0.25) is 5.88 Å².